The lowest BCUT2D eigenvalue weighted by molar-refractivity contribution is -0.116. The van der Waals surface area contributed by atoms with Crippen molar-refractivity contribution in [2.75, 3.05) is 19.5 Å². The summed E-state index contributed by atoms with van der Waals surface area (Å²) < 4.78 is 10.6. The van der Waals surface area contributed by atoms with Crippen LogP contribution in [0.15, 0.2) is 18.2 Å². The van der Waals surface area contributed by atoms with Gasteiger partial charge in [-0.05, 0) is 42.0 Å². The Bertz CT molecular complexity index is 873. The highest BCUT2D eigenvalue weighted by molar-refractivity contribution is 7.17. The number of rotatable bonds is 6. The topological polar surface area (TPSA) is 77.5 Å². The Balaban J connectivity index is 1.65. The molecular formula is C20H24N2O4S. The molecule has 27 heavy (non-hydrogen) atoms. The van der Waals surface area contributed by atoms with Crippen molar-refractivity contribution in [2.24, 2.45) is 5.41 Å². The molecule has 7 heteroatoms. The Kier molecular flexibility index (Phi) is 5.51. The summed E-state index contributed by atoms with van der Waals surface area (Å²) in [4.78, 5) is 29.8. The van der Waals surface area contributed by atoms with Crippen molar-refractivity contribution in [1.29, 1.82) is 0 Å². The maximum atomic E-state index is 12.4. The van der Waals surface area contributed by atoms with Crippen molar-refractivity contribution in [3.63, 3.8) is 0 Å². The number of ketones is 1. The lowest BCUT2D eigenvalue weighted by Gasteiger charge is -2.26. The number of methoxy groups -OCH3 is 2. The molecule has 1 aromatic carbocycles. The molecule has 3 rings (SSSR count). The lowest BCUT2D eigenvalue weighted by Crippen LogP contribution is -2.26. The highest BCUT2D eigenvalue weighted by atomic mass is 32.1. The van der Waals surface area contributed by atoms with Crippen LogP contribution in [0.1, 0.15) is 47.6 Å². The van der Waals surface area contributed by atoms with Crippen LogP contribution >= 0.6 is 11.3 Å². The number of benzene rings is 1. The molecule has 0 saturated carbocycles. The van der Waals surface area contributed by atoms with Gasteiger partial charge in [-0.1, -0.05) is 25.2 Å². The number of nitrogens with one attached hydrogen (secondary N) is 1. The highest BCUT2D eigenvalue weighted by Gasteiger charge is 2.34. The number of thiazole rings is 1. The first-order chi connectivity index (χ1) is 12.8. The summed E-state index contributed by atoms with van der Waals surface area (Å²) in [5.41, 5.74) is 1.62. The number of carbonyl (C=O) groups is 2. The van der Waals surface area contributed by atoms with Crippen molar-refractivity contribution in [1.82, 2.24) is 4.98 Å². The van der Waals surface area contributed by atoms with Crippen LogP contribution in [0.4, 0.5) is 5.13 Å². The van der Waals surface area contributed by atoms with Crippen molar-refractivity contribution >= 4 is 28.2 Å². The van der Waals surface area contributed by atoms with Gasteiger partial charge < -0.3 is 14.8 Å². The molecule has 0 fully saturated rings. The molecule has 1 aromatic heterocycles. The Morgan fingerprint density at radius 1 is 1.26 bits per heavy atom. The SMILES string of the molecule is COc1ccc(OC)c(CCC(=O)Nc2nc3c(s2)C(=O)CC(C)(C)C3)c1. The number of aryl methyl sites for hydroxylation is 1. The van der Waals surface area contributed by atoms with Gasteiger partial charge in [0.15, 0.2) is 10.9 Å². The zero-order valence-electron chi connectivity index (χ0n) is 16.0. The summed E-state index contributed by atoms with van der Waals surface area (Å²) in [5.74, 6) is 1.42. The van der Waals surface area contributed by atoms with E-state index in [-0.39, 0.29) is 23.5 Å². The average Bonchev–Trinajstić information content (AvgIpc) is 3.00. The van der Waals surface area contributed by atoms with Crippen LogP contribution < -0.4 is 14.8 Å². The molecule has 1 N–H and O–H groups in total. The number of fused-ring (bicyclic) bond motifs is 1. The number of ether oxygens (including phenoxy) is 2. The third-order valence-electron chi connectivity index (χ3n) is 4.59. The van der Waals surface area contributed by atoms with Crippen LogP contribution in [-0.4, -0.2) is 30.9 Å². The van der Waals surface area contributed by atoms with E-state index in [1.165, 1.54) is 11.3 Å². The minimum absolute atomic E-state index is 0.0810. The third-order valence-corrected chi connectivity index (χ3v) is 5.65. The smallest absolute Gasteiger partial charge is 0.226 e. The molecule has 6 nitrogen and oxygen atoms in total. The predicted octanol–water partition coefficient (Wildman–Crippen LogP) is 3.89. The summed E-state index contributed by atoms with van der Waals surface area (Å²) in [6, 6.07) is 5.52. The van der Waals surface area contributed by atoms with Gasteiger partial charge in [0, 0.05) is 12.8 Å². The highest BCUT2D eigenvalue weighted by Crippen LogP contribution is 2.38. The van der Waals surface area contributed by atoms with Crippen LogP contribution in [0.5, 0.6) is 11.5 Å². The summed E-state index contributed by atoms with van der Waals surface area (Å²) in [5, 5.41) is 3.32. The van der Waals surface area contributed by atoms with E-state index in [0.29, 0.717) is 22.9 Å². The zero-order chi connectivity index (χ0) is 19.6. The first-order valence-corrected chi connectivity index (χ1v) is 9.66. The molecule has 0 saturated heterocycles. The average molecular weight is 388 g/mol. The Morgan fingerprint density at radius 3 is 2.74 bits per heavy atom. The molecule has 0 aliphatic heterocycles. The van der Waals surface area contributed by atoms with E-state index in [0.717, 1.165) is 29.2 Å². The fourth-order valence-electron chi connectivity index (χ4n) is 3.28. The first-order valence-electron chi connectivity index (χ1n) is 8.85. The maximum absolute atomic E-state index is 12.4. The van der Waals surface area contributed by atoms with Crippen LogP contribution in [0.25, 0.3) is 0 Å². The second-order valence-corrected chi connectivity index (χ2v) is 8.46. The second-order valence-electron chi connectivity index (χ2n) is 7.46. The first kappa shape index (κ1) is 19.4. The van der Waals surface area contributed by atoms with Crippen LogP contribution in [0.2, 0.25) is 0 Å². The molecule has 1 heterocycles. The molecule has 0 bridgehead atoms. The summed E-state index contributed by atoms with van der Waals surface area (Å²) in [6.45, 7) is 4.12. The summed E-state index contributed by atoms with van der Waals surface area (Å²) in [6.07, 6.45) is 2.07. The monoisotopic (exact) mass is 388 g/mol. The molecule has 0 spiro atoms. The molecular weight excluding hydrogens is 364 g/mol. The van der Waals surface area contributed by atoms with E-state index >= 15 is 0 Å². The summed E-state index contributed by atoms with van der Waals surface area (Å²) >= 11 is 1.27. The van der Waals surface area contributed by atoms with Crippen LogP contribution in [0, 0.1) is 5.41 Å². The second kappa shape index (κ2) is 7.68. The third kappa shape index (κ3) is 4.47. The van der Waals surface area contributed by atoms with Gasteiger partial charge in [-0.3, -0.25) is 9.59 Å². The van der Waals surface area contributed by atoms with E-state index in [1.54, 1.807) is 14.2 Å². The minimum atomic E-state index is -0.141. The number of hydrogen-bond acceptors (Lipinski definition) is 6. The Labute approximate surface area is 162 Å². The van der Waals surface area contributed by atoms with E-state index in [9.17, 15) is 9.59 Å². The van der Waals surface area contributed by atoms with Gasteiger partial charge in [0.1, 0.15) is 11.5 Å². The molecule has 0 unspecified atom stereocenters. The number of hydrogen-bond donors (Lipinski definition) is 1. The van der Waals surface area contributed by atoms with Crippen molar-refractivity contribution < 1.29 is 19.1 Å². The maximum Gasteiger partial charge on any atom is 0.226 e. The minimum Gasteiger partial charge on any atom is -0.497 e. The van der Waals surface area contributed by atoms with Gasteiger partial charge in [-0.2, -0.15) is 0 Å². The van der Waals surface area contributed by atoms with Crippen LogP contribution in [-0.2, 0) is 17.6 Å². The molecule has 0 radical (unpaired) electrons. The number of carbonyl (C=O) groups excluding carboxylic acids is 2. The van der Waals surface area contributed by atoms with Gasteiger partial charge >= 0.3 is 0 Å². The molecule has 1 aliphatic rings. The number of amides is 1. The van der Waals surface area contributed by atoms with Gasteiger partial charge in [0.2, 0.25) is 5.91 Å². The van der Waals surface area contributed by atoms with E-state index in [1.807, 2.05) is 18.2 Å². The number of aromatic nitrogens is 1. The van der Waals surface area contributed by atoms with Gasteiger partial charge in [-0.25, -0.2) is 4.98 Å². The molecule has 2 aromatic rings. The zero-order valence-corrected chi connectivity index (χ0v) is 16.9. The van der Waals surface area contributed by atoms with Gasteiger partial charge in [0.25, 0.3) is 0 Å². The quantitative estimate of drug-likeness (QED) is 0.812. The molecule has 0 atom stereocenters. The normalized spacial score (nSPS) is 15.2. The fraction of sp³-hybridized carbons (Fsp3) is 0.450. The van der Waals surface area contributed by atoms with Crippen molar-refractivity contribution in [3.05, 3.63) is 34.3 Å². The number of anilines is 1. The van der Waals surface area contributed by atoms with Crippen LogP contribution in [0.3, 0.4) is 0 Å². The molecule has 144 valence electrons. The molecule has 1 aliphatic carbocycles. The van der Waals surface area contributed by atoms with E-state index in [2.05, 4.69) is 24.1 Å². The summed E-state index contributed by atoms with van der Waals surface area (Å²) in [7, 11) is 3.20. The Morgan fingerprint density at radius 2 is 2.04 bits per heavy atom. The van der Waals surface area contributed by atoms with Gasteiger partial charge in [-0.15, -0.1) is 0 Å². The van der Waals surface area contributed by atoms with E-state index < -0.39 is 0 Å². The van der Waals surface area contributed by atoms with Gasteiger partial charge in [0.05, 0.1) is 24.8 Å². The standard InChI is InChI=1S/C20H24N2O4S/c1-20(2)10-14-18(15(23)11-20)27-19(21-14)22-17(24)8-5-12-9-13(25-3)6-7-16(12)26-4/h6-7,9H,5,8,10-11H2,1-4H3,(H,21,22,24). The van der Waals surface area contributed by atoms with E-state index in [4.69, 9.17) is 9.47 Å². The lowest BCUT2D eigenvalue weighted by atomic mass is 9.78. The number of Topliss-reactive ketones (excluding diaryl/α,β-unsaturated/α-hetero) is 1. The number of nitrogens with zero attached hydrogens (tertiary/aromatic N) is 1. The predicted molar refractivity (Wildman–Crippen MR) is 105 cm³/mol. The largest absolute Gasteiger partial charge is 0.497 e. The molecule has 1 amide bonds. The Hall–Kier alpha value is -2.41. The van der Waals surface area contributed by atoms with Crippen molar-refractivity contribution in [3.8, 4) is 11.5 Å². The van der Waals surface area contributed by atoms with Crippen molar-refractivity contribution in [2.45, 2.75) is 39.5 Å². The fourth-order valence-corrected chi connectivity index (χ4v) is 4.22.